The Hall–Kier alpha value is -1.56. The van der Waals surface area contributed by atoms with Crippen molar-refractivity contribution < 1.29 is 27.4 Å². The molecule has 1 atom stereocenters. The van der Waals surface area contributed by atoms with E-state index in [2.05, 4.69) is 4.74 Å². The Kier molecular flexibility index (Phi) is 4.72. The van der Waals surface area contributed by atoms with Crippen LogP contribution in [-0.2, 0) is 16.0 Å². The Morgan fingerprint density at radius 3 is 2.28 bits per heavy atom. The van der Waals surface area contributed by atoms with Crippen molar-refractivity contribution in [3.8, 4) is 5.75 Å². The third-order valence-corrected chi connectivity index (χ3v) is 2.34. The highest BCUT2D eigenvalue weighted by Crippen LogP contribution is 2.22. The molecule has 6 heteroatoms. The van der Waals surface area contributed by atoms with E-state index in [9.17, 15) is 18.0 Å². The van der Waals surface area contributed by atoms with Gasteiger partial charge in [0.1, 0.15) is 11.9 Å². The summed E-state index contributed by atoms with van der Waals surface area (Å²) in [7, 11) is 1.42. The van der Waals surface area contributed by atoms with Gasteiger partial charge in [-0.2, -0.15) is 0 Å². The summed E-state index contributed by atoms with van der Waals surface area (Å²) in [6.07, 6.45) is -5.13. The van der Waals surface area contributed by atoms with E-state index in [1.54, 1.807) is 6.92 Å². The Bertz CT molecular complexity index is 398. The van der Waals surface area contributed by atoms with E-state index < -0.39 is 12.5 Å². The van der Waals surface area contributed by atoms with Crippen molar-refractivity contribution in [3.05, 3.63) is 29.8 Å². The number of hydrogen-bond acceptors (Lipinski definition) is 3. The van der Waals surface area contributed by atoms with Gasteiger partial charge in [0.2, 0.25) is 0 Å². The van der Waals surface area contributed by atoms with E-state index in [4.69, 9.17) is 4.74 Å². The van der Waals surface area contributed by atoms with Crippen LogP contribution in [0, 0.1) is 0 Å². The zero-order chi connectivity index (χ0) is 13.8. The van der Waals surface area contributed by atoms with Crippen LogP contribution in [0.4, 0.5) is 13.2 Å². The van der Waals surface area contributed by atoms with Crippen LogP contribution in [-0.4, -0.2) is 25.4 Å². The molecule has 0 aliphatic carbocycles. The highest BCUT2D eigenvalue weighted by molar-refractivity contribution is 5.84. The fourth-order valence-corrected chi connectivity index (χ4v) is 1.29. The Morgan fingerprint density at radius 2 is 1.83 bits per heavy atom. The maximum Gasteiger partial charge on any atom is 0.573 e. The minimum Gasteiger partial charge on any atom is -0.406 e. The van der Waals surface area contributed by atoms with E-state index in [-0.39, 0.29) is 18.0 Å². The molecule has 0 saturated heterocycles. The van der Waals surface area contributed by atoms with Gasteiger partial charge in [-0.1, -0.05) is 12.1 Å². The molecule has 0 heterocycles. The first kappa shape index (κ1) is 14.5. The van der Waals surface area contributed by atoms with Crippen LogP contribution in [0.3, 0.4) is 0 Å². The molecule has 3 nitrogen and oxygen atoms in total. The molecule has 1 rings (SSSR count). The number of ether oxygens (including phenoxy) is 2. The molecule has 0 N–H and O–H groups in total. The molecule has 18 heavy (non-hydrogen) atoms. The second-order valence-corrected chi connectivity index (χ2v) is 3.71. The van der Waals surface area contributed by atoms with Crippen LogP contribution >= 0.6 is 0 Å². The number of benzene rings is 1. The van der Waals surface area contributed by atoms with Crippen LogP contribution in [0.15, 0.2) is 24.3 Å². The minimum atomic E-state index is -4.71. The fraction of sp³-hybridized carbons (Fsp3) is 0.417. The Labute approximate surface area is 103 Å². The summed E-state index contributed by atoms with van der Waals surface area (Å²) in [5, 5.41) is 0. The summed E-state index contributed by atoms with van der Waals surface area (Å²) in [4.78, 5) is 11.5. The van der Waals surface area contributed by atoms with Gasteiger partial charge in [0.05, 0.1) is 0 Å². The summed E-state index contributed by atoms with van der Waals surface area (Å²) in [5.41, 5.74) is 0.610. The molecule has 1 aromatic rings. The number of rotatable bonds is 5. The number of hydrogen-bond donors (Lipinski definition) is 0. The predicted molar refractivity (Wildman–Crippen MR) is 58.3 cm³/mol. The fourth-order valence-electron chi connectivity index (χ4n) is 1.29. The van der Waals surface area contributed by atoms with Gasteiger partial charge in [-0.25, -0.2) is 0 Å². The SMILES string of the molecule is COC(C)C(=O)Cc1ccc(OC(F)(F)F)cc1. The number of alkyl halides is 3. The predicted octanol–water partition coefficient (Wildman–Crippen LogP) is 2.73. The first-order chi connectivity index (χ1) is 8.31. The first-order valence-electron chi connectivity index (χ1n) is 5.22. The largest absolute Gasteiger partial charge is 0.573 e. The van der Waals surface area contributed by atoms with Crippen LogP contribution in [0.5, 0.6) is 5.75 Å². The van der Waals surface area contributed by atoms with Gasteiger partial charge >= 0.3 is 6.36 Å². The molecular weight excluding hydrogens is 249 g/mol. The molecule has 0 radical (unpaired) electrons. The molecule has 1 unspecified atom stereocenters. The molecular formula is C12H13F3O3. The first-order valence-corrected chi connectivity index (χ1v) is 5.22. The molecule has 0 fully saturated rings. The quantitative estimate of drug-likeness (QED) is 0.818. The topological polar surface area (TPSA) is 35.5 Å². The number of carbonyl (C=O) groups excluding carboxylic acids is 1. The molecule has 0 bridgehead atoms. The summed E-state index contributed by atoms with van der Waals surface area (Å²) in [5.74, 6) is -0.444. The van der Waals surface area contributed by atoms with Gasteiger partial charge in [0.15, 0.2) is 5.78 Å². The third-order valence-electron chi connectivity index (χ3n) is 2.34. The van der Waals surface area contributed by atoms with Gasteiger partial charge in [-0.3, -0.25) is 4.79 Å². The van der Waals surface area contributed by atoms with Gasteiger partial charge in [-0.15, -0.1) is 13.2 Å². The number of ketones is 1. The normalized spacial score (nSPS) is 13.2. The van der Waals surface area contributed by atoms with Crippen LogP contribution in [0.2, 0.25) is 0 Å². The third kappa shape index (κ3) is 4.75. The van der Waals surface area contributed by atoms with E-state index in [1.165, 1.54) is 31.4 Å². The smallest absolute Gasteiger partial charge is 0.406 e. The molecule has 0 aliphatic rings. The number of Topliss-reactive ketones (excluding diaryl/α,β-unsaturated/α-hetero) is 1. The van der Waals surface area contributed by atoms with Crippen molar-refractivity contribution in [2.45, 2.75) is 25.8 Å². The molecule has 0 aliphatic heterocycles. The minimum absolute atomic E-state index is 0.112. The Balaban J connectivity index is 2.63. The number of carbonyl (C=O) groups is 1. The maximum atomic E-state index is 11.9. The van der Waals surface area contributed by atoms with Crippen molar-refractivity contribution in [3.63, 3.8) is 0 Å². The lowest BCUT2D eigenvalue weighted by Crippen LogP contribution is -2.21. The van der Waals surface area contributed by atoms with E-state index in [0.717, 1.165) is 0 Å². The van der Waals surface area contributed by atoms with Crippen LogP contribution in [0.25, 0.3) is 0 Å². The van der Waals surface area contributed by atoms with Crippen molar-refractivity contribution in [1.29, 1.82) is 0 Å². The molecule has 0 saturated carbocycles. The number of halogens is 3. The zero-order valence-electron chi connectivity index (χ0n) is 9.95. The lowest BCUT2D eigenvalue weighted by Gasteiger charge is -2.10. The van der Waals surface area contributed by atoms with Crippen molar-refractivity contribution in [2.75, 3.05) is 7.11 Å². The summed E-state index contributed by atoms with van der Waals surface area (Å²) >= 11 is 0. The van der Waals surface area contributed by atoms with Crippen molar-refractivity contribution in [2.24, 2.45) is 0 Å². The molecule has 1 aromatic carbocycles. The summed E-state index contributed by atoms with van der Waals surface area (Å²) in [6.45, 7) is 1.61. The Morgan fingerprint density at radius 1 is 1.28 bits per heavy atom. The standard InChI is InChI=1S/C12H13F3O3/c1-8(17-2)11(16)7-9-3-5-10(6-4-9)18-12(13,14)15/h3-6,8H,7H2,1-2H3. The summed E-state index contributed by atoms with van der Waals surface area (Å²) < 4.78 is 44.3. The molecule has 0 aromatic heterocycles. The van der Waals surface area contributed by atoms with Gasteiger partial charge in [0, 0.05) is 13.5 Å². The lowest BCUT2D eigenvalue weighted by atomic mass is 10.1. The van der Waals surface area contributed by atoms with E-state index >= 15 is 0 Å². The maximum absolute atomic E-state index is 11.9. The lowest BCUT2D eigenvalue weighted by molar-refractivity contribution is -0.274. The van der Waals surface area contributed by atoms with Crippen molar-refractivity contribution in [1.82, 2.24) is 0 Å². The van der Waals surface area contributed by atoms with Crippen LogP contribution in [0.1, 0.15) is 12.5 Å². The summed E-state index contributed by atoms with van der Waals surface area (Å²) in [6, 6.07) is 5.18. The molecule has 100 valence electrons. The highest BCUT2D eigenvalue weighted by atomic mass is 19.4. The average molecular weight is 262 g/mol. The van der Waals surface area contributed by atoms with Crippen molar-refractivity contribution >= 4 is 5.78 Å². The van der Waals surface area contributed by atoms with Crippen LogP contribution < -0.4 is 4.74 Å². The monoisotopic (exact) mass is 262 g/mol. The van der Waals surface area contributed by atoms with E-state index in [0.29, 0.717) is 5.56 Å². The molecule has 0 amide bonds. The number of methoxy groups -OCH3 is 1. The van der Waals surface area contributed by atoms with Gasteiger partial charge < -0.3 is 9.47 Å². The second kappa shape index (κ2) is 5.86. The average Bonchev–Trinajstić information content (AvgIpc) is 2.28. The highest BCUT2D eigenvalue weighted by Gasteiger charge is 2.30. The zero-order valence-corrected chi connectivity index (χ0v) is 9.95. The molecule has 0 spiro atoms. The van der Waals surface area contributed by atoms with E-state index in [1.807, 2.05) is 0 Å². The van der Waals surface area contributed by atoms with Gasteiger partial charge in [0.25, 0.3) is 0 Å². The van der Waals surface area contributed by atoms with Gasteiger partial charge in [-0.05, 0) is 24.6 Å². The second-order valence-electron chi connectivity index (χ2n) is 3.71.